The van der Waals surface area contributed by atoms with Gasteiger partial charge in [0.1, 0.15) is 0 Å². The number of fused-ring (bicyclic) bond motifs is 1. The van der Waals surface area contributed by atoms with Crippen molar-refractivity contribution >= 4 is 29.5 Å². The molecule has 1 fully saturated rings. The SMILES string of the molecule is O=C(O)c1ccccc1SC[C@@H]1C[C@H](c2ccc(CO)cc2)O[C@H](c2cccc(-c3cccc(CN4C(=O)c5ccccc5C4=O)c3)c2)O1. The number of ether oxygens (including phenoxy) is 2. The first-order valence-electron chi connectivity index (χ1n) is 16.0. The molecule has 2 aliphatic rings. The molecule has 3 atom stereocenters. The summed E-state index contributed by atoms with van der Waals surface area (Å²) >= 11 is 1.45. The van der Waals surface area contributed by atoms with E-state index in [1.165, 1.54) is 16.7 Å². The molecular weight excluding hydrogens is 639 g/mol. The highest BCUT2D eigenvalue weighted by atomic mass is 32.2. The number of hydrogen-bond donors (Lipinski definition) is 2. The van der Waals surface area contributed by atoms with Crippen molar-refractivity contribution in [3.63, 3.8) is 0 Å². The van der Waals surface area contributed by atoms with Gasteiger partial charge in [-0.3, -0.25) is 14.5 Å². The summed E-state index contributed by atoms with van der Waals surface area (Å²) in [7, 11) is 0. The van der Waals surface area contributed by atoms with E-state index in [2.05, 4.69) is 0 Å². The first-order valence-corrected chi connectivity index (χ1v) is 17.0. The van der Waals surface area contributed by atoms with Gasteiger partial charge in [0.25, 0.3) is 11.8 Å². The number of nitrogens with zero attached hydrogens (tertiary/aromatic N) is 1. The van der Waals surface area contributed by atoms with Crippen LogP contribution in [-0.2, 0) is 22.6 Å². The van der Waals surface area contributed by atoms with Crippen molar-refractivity contribution in [2.24, 2.45) is 0 Å². The summed E-state index contributed by atoms with van der Waals surface area (Å²) in [5.74, 6) is -1.03. The van der Waals surface area contributed by atoms with Gasteiger partial charge in [-0.15, -0.1) is 11.8 Å². The van der Waals surface area contributed by atoms with E-state index in [-0.39, 0.29) is 42.7 Å². The molecule has 0 radical (unpaired) electrons. The average molecular weight is 672 g/mol. The summed E-state index contributed by atoms with van der Waals surface area (Å²) in [4.78, 5) is 39.7. The lowest BCUT2D eigenvalue weighted by molar-refractivity contribution is -0.245. The third-order valence-corrected chi connectivity index (χ3v) is 10.0. The zero-order valence-electron chi connectivity index (χ0n) is 26.4. The minimum Gasteiger partial charge on any atom is -0.478 e. The van der Waals surface area contributed by atoms with Crippen molar-refractivity contribution < 1.29 is 34.1 Å². The van der Waals surface area contributed by atoms with Crippen LogP contribution in [-0.4, -0.2) is 44.8 Å². The average Bonchev–Trinajstić information content (AvgIpc) is 3.38. The molecule has 0 aromatic heterocycles. The lowest BCUT2D eigenvalue weighted by Crippen LogP contribution is -2.31. The van der Waals surface area contributed by atoms with Crippen LogP contribution in [0.1, 0.15) is 72.1 Å². The van der Waals surface area contributed by atoms with Gasteiger partial charge in [-0.05, 0) is 64.2 Å². The highest BCUT2D eigenvalue weighted by molar-refractivity contribution is 7.99. The molecule has 2 amide bonds. The summed E-state index contributed by atoms with van der Waals surface area (Å²) in [6, 6.07) is 37.2. The van der Waals surface area contributed by atoms with E-state index in [4.69, 9.17) is 9.47 Å². The minimum absolute atomic E-state index is 0.0495. The van der Waals surface area contributed by atoms with Gasteiger partial charge in [-0.25, -0.2) is 4.79 Å². The first kappa shape index (κ1) is 32.5. The number of imide groups is 1. The van der Waals surface area contributed by atoms with Crippen LogP contribution in [0.5, 0.6) is 0 Å². The molecule has 1 saturated heterocycles. The fraction of sp³-hybridized carbons (Fsp3) is 0.175. The van der Waals surface area contributed by atoms with E-state index < -0.39 is 12.3 Å². The number of carbonyl (C=O) groups excluding carboxylic acids is 2. The molecule has 9 heteroatoms. The van der Waals surface area contributed by atoms with E-state index in [9.17, 15) is 24.6 Å². The van der Waals surface area contributed by atoms with Crippen LogP contribution in [0, 0.1) is 0 Å². The van der Waals surface area contributed by atoms with Crippen LogP contribution in [0.4, 0.5) is 0 Å². The molecular formula is C40H33NO7S. The first-order chi connectivity index (χ1) is 23.9. The zero-order valence-corrected chi connectivity index (χ0v) is 27.2. The van der Waals surface area contributed by atoms with Crippen LogP contribution in [0.3, 0.4) is 0 Å². The molecule has 7 rings (SSSR count). The largest absolute Gasteiger partial charge is 0.478 e. The molecule has 0 aliphatic carbocycles. The molecule has 0 bridgehead atoms. The number of carbonyl (C=O) groups is 3. The van der Waals surface area contributed by atoms with E-state index in [0.29, 0.717) is 28.2 Å². The minimum atomic E-state index is -0.972. The van der Waals surface area contributed by atoms with E-state index in [1.54, 1.807) is 36.4 Å². The highest BCUT2D eigenvalue weighted by Crippen LogP contribution is 2.40. The summed E-state index contributed by atoms with van der Waals surface area (Å²) in [6.07, 6.45) is -0.673. The number of amides is 2. The number of aliphatic hydroxyl groups excluding tert-OH is 1. The second-order valence-electron chi connectivity index (χ2n) is 12.0. The molecule has 2 aliphatic heterocycles. The number of carboxylic acids is 1. The molecule has 0 spiro atoms. The molecule has 0 unspecified atom stereocenters. The van der Waals surface area contributed by atoms with Crippen molar-refractivity contribution in [1.82, 2.24) is 4.90 Å². The number of thioether (sulfide) groups is 1. The smallest absolute Gasteiger partial charge is 0.336 e. The van der Waals surface area contributed by atoms with Crippen molar-refractivity contribution in [1.29, 1.82) is 0 Å². The van der Waals surface area contributed by atoms with Gasteiger partial charge >= 0.3 is 5.97 Å². The zero-order chi connectivity index (χ0) is 33.9. The Morgan fingerprint density at radius 1 is 0.735 bits per heavy atom. The van der Waals surface area contributed by atoms with Crippen LogP contribution in [0.2, 0.25) is 0 Å². The molecule has 0 saturated carbocycles. The molecule has 8 nitrogen and oxygen atoms in total. The topological polar surface area (TPSA) is 113 Å². The van der Waals surface area contributed by atoms with Crippen molar-refractivity contribution in [2.45, 2.75) is 43.0 Å². The Hall–Kier alpha value is -5.06. The van der Waals surface area contributed by atoms with Crippen molar-refractivity contribution in [2.75, 3.05) is 5.75 Å². The molecule has 246 valence electrons. The molecule has 49 heavy (non-hydrogen) atoms. The lowest BCUT2D eigenvalue weighted by Gasteiger charge is -2.36. The van der Waals surface area contributed by atoms with Gasteiger partial charge in [-0.2, -0.15) is 0 Å². The monoisotopic (exact) mass is 671 g/mol. The number of aromatic carboxylic acids is 1. The van der Waals surface area contributed by atoms with Crippen molar-refractivity contribution in [3.8, 4) is 11.1 Å². The second kappa shape index (κ2) is 14.2. The van der Waals surface area contributed by atoms with Crippen LogP contribution < -0.4 is 0 Å². The third-order valence-electron chi connectivity index (χ3n) is 8.80. The van der Waals surface area contributed by atoms with E-state index >= 15 is 0 Å². The van der Waals surface area contributed by atoms with E-state index in [1.807, 2.05) is 84.9 Å². The van der Waals surface area contributed by atoms with Gasteiger partial charge in [0.05, 0.1) is 42.0 Å². The fourth-order valence-electron chi connectivity index (χ4n) is 6.25. The van der Waals surface area contributed by atoms with Crippen LogP contribution in [0.15, 0.2) is 126 Å². The van der Waals surface area contributed by atoms with Crippen LogP contribution in [0.25, 0.3) is 11.1 Å². The summed E-state index contributed by atoms with van der Waals surface area (Å²) in [6.45, 7) is 0.113. The van der Waals surface area contributed by atoms with Gasteiger partial charge in [0.15, 0.2) is 6.29 Å². The highest BCUT2D eigenvalue weighted by Gasteiger charge is 2.35. The Bertz CT molecular complexity index is 1990. The Kier molecular flexibility index (Phi) is 9.41. The molecule has 5 aromatic carbocycles. The Morgan fingerprint density at radius 3 is 2.12 bits per heavy atom. The number of aliphatic hydroxyl groups is 1. The third kappa shape index (κ3) is 6.93. The maximum atomic E-state index is 13.0. The maximum Gasteiger partial charge on any atom is 0.336 e. The number of carboxylic acid groups (broad SMARTS) is 1. The summed E-state index contributed by atoms with van der Waals surface area (Å²) in [5, 5.41) is 19.2. The van der Waals surface area contributed by atoms with Gasteiger partial charge in [-0.1, -0.05) is 84.9 Å². The quantitative estimate of drug-likeness (QED) is 0.115. The fourth-order valence-corrected chi connectivity index (χ4v) is 7.32. The number of benzene rings is 5. The summed E-state index contributed by atoms with van der Waals surface area (Å²) < 4.78 is 13.1. The second-order valence-corrected chi connectivity index (χ2v) is 13.1. The van der Waals surface area contributed by atoms with Gasteiger partial charge < -0.3 is 19.7 Å². The Morgan fingerprint density at radius 2 is 1.41 bits per heavy atom. The molecule has 2 N–H and O–H groups in total. The Labute approximate surface area is 287 Å². The number of hydrogen-bond acceptors (Lipinski definition) is 7. The summed E-state index contributed by atoms with van der Waals surface area (Å²) in [5.41, 5.74) is 6.36. The Balaban J connectivity index is 1.13. The molecule has 5 aromatic rings. The van der Waals surface area contributed by atoms with Crippen molar-refractivity contribution in [3.05, 3.63) is 160 Å². The van der Waals surface area contributed by atoms with Crippen LogP contribution >= 0.6 is 11.8 Å². The maximum absolute atomic E-state index is 13.0. The lowest BCUT2D eigenvalue weighted by atomic mass is 9.99. The van der Waals surface area contributed by atoms with Gasteiger partial charge in [0, 0.05) is 22.6 Å². The van der Waals surface area contributed by atoms with Gasteiger partial charge in [0.2, 0.25) is 0 Å². The molecule has 2 heterocycles. The predicted octanol–water partition coefficient (Wildman–Crippen LogP) is 7.68. The standard InChI is InChI=1S/C40H33NO7S/c42-23-25-15-17-27(18-16-25)35-21-31(24-49-36-14-4-3-13-34(36)39(45)46)47-40(48-35)30-10-6-9-29(20-30)28-8-5-7-26(19-28)22-41-37(43)32-11-1-2-12-33(32)38(41)44/h1-20,31,35,40,42H,21-24H2,(H,45,46)/t31-,35+,40+/m0/s1. The predicted molar refractivity (Wildman–Crippen MR) is 185 cm³/mol. The van der Waals surface area contributed by atoms with E-state index in [0.717, 1.165) is 33.4 Å². The number of rotatable bonds is 10. The normalized spacial score (nSPS) is 18.8.